The van der Waals surface area contributed by atoms with Crippen LogP contribution in [0, 0.1) is 26.7 Å². The molecule has 1 N–H and O–H groups in total. The van der Waals surface area contributed by atoms with Crippen molar-refractivity contribution in [3.05, 3.63) is 93.0 Å². The number of hydrogen-bond donors (Lipinski definition) is 1. The van der Waals surface area contributed by atoms with Gasteiger partial charge in [0.1, 0.15) is 12.6 Å². The third-order valence-electron chi connectivity index (χ3n) is 6.97. The van der Waals surface area contributed by atoms with Crippen molar-refractivity contribution >= 4 is 50.7 Å². The minimum Gasteiger partial charge on any atom is -0.354 e. The zero-order valence-electron chi connectivity index (χ0n) is 24.2. The van der Waals surface area contributed by atoms with Gasteiger partial charge in [-0.05, 0) is 75.1 Å². The molecule has 3 aromatic rings. The van der Waals surface area contributed by atoms with Gasteiger partial charge in [0.25, 0.3) is 10.0 Å². The van der Waals surface area contributed by atoms with Crippen LogP contribution in [0.15, 0.2) is 65.6 Å². The SMILES string of the molecule is Cc1ccc(S(=O)(=O)N(CC(=O)N(Cc2c(Cl)cccc2Cl)C(C)C(=O)NCC(C)C)c2cccc(C)c2C)cc1. The molecule has 0 radical (unpaired) electrons. The molecule has 0 aliphatic heterocycles. The fourth-order valence-corrected chi connectivity index (χ4v) is 6.23. The minimum absolute atomic E-state index is 0.0558. The van der Waals surface area contributed by atoms with Crippen LogP contribution in [-0.4, -0.2) is 44.3 Å². The number of benzene rings is 3. The van der Waals surface area contributed by atoms with Gasteiger partial charge in [-0.2, -0.15) is 0 Å². The molecule has 7 nitrogen and oxygen atoms in total. The number of halogens is 2. The van der Waals surface area contributed by atoms with E-state index in [4.69, 9.17) is 23.2 Å². The molecular formula is C31H37Cl2N3O4S. The van der Waals surface area contributed by atoms with E-state index in [1.807, 2.05) is 40.7 Å². The smallest absolute Gasteiger partial charge is 0.264 e. The lowest BCUT2D eigenvalue weighted by Gasteiger charge is -2.33. The van der Waals surface area contributed by atoms with Crippen molar-refractivity contribution in [2.45, 2.75) is 59.0 Å². The molecule has 220 valence electrons. The first kappa shape index (κ1) is 32.4. The Hall–Kier alpha value is -3.07. The zero-order valence-corrected chi connectivity index (χ0v) is 26.6. The number of carbonyl (C=O) groups is 2. The van der Waals surface area contributed by atoms with Gasteiger partial charge >= 0.3 is 0 Å². The van der Waals surface area contributed by atoms with Crippen LogP contribution in [-0.2, 0) is 26.2 Å². The Balaban J connectivity index is 2.10. The second-order valence-corrected chi connectivity index (χ2v) is 13.3. The first-order valence-corrected chi connectivity index (χ1v) is 15.6. The summed E-state index contributed by atoms with van der Waals surface area (Å²) in [5.41, 5.74) is 3.35. The number of carbonyl (C=O) groups excluding carboxylic acids is 2. The number of aryl methyl sites for hydroxylation is 2. The van der Waals surface area contributed by atoms with Crippen molar-refractivity contribution in [3.63, 3.8) is 0 Å². The summed E-state index contributed by atoms with van der Waals surface area (Å²) in [6.07, 6.45) is 0. The van der Waals surface area contributed by atoms with Crippen molar-refractivity contribution in [1.29, 1.82) is 0 Å². The molecule has 41 heavy (non-hydrogen) atoms. The number of rotatable bonds is 11. The van der Waals surface area contributed by atoms with Crippen LogP contribution >= 0.6 is 23.2 Å². The fourth-order valence-electron chi connectivity index (χ4n) is 4.25. The number of nitrogens with zero attached hydrogens (tertiary/aromatic N) is 2. The highest BCUT2D eigenvalue weighted by molar-refractivity contribution is 7.92. The summed E-state index contributed by atoms with van der Waals surface area (Å²) in [6, 6.07) is 15.8. The summed E-state index contributed by atoms with van der Waals surface area (Å²) < 4.78 is 29.2. The lowest BCUT2D eigenvalue weighted by Crippen LogP contribution is -2.51. The summed E-state index contributed by atoms with van der Waals surface area (Å²) in [5, 5.41) is 3.54. The molecule has 0 saturated carbocycles. The Labute approximate surface area is 253 Å². The van der Waals surface area contributed by atoms with E-state index in [2.05, 4.69) is 5.32 Å². The van der Waals surface area contributed by atoms with Gasteiger partial charge < -0.3 is 10.2 Å². The van der Waals surface area contributed by atoms with Gasteiger partial charge in [0.15, 0.2) is 0 Å². The normalized spacial score (nSPS) is 12.2. The molecule has 0 aliphatic rings. The Morgan fingerprint density at radius 1 is 0.878 bits per heavy atom. The van der Waals surface area contributed by atoms with Crippen LogP contribution in [0.1, 0.15) is 43.0 Å². The summed E-state index contributed by atoms with van der Waals surface area (Å²) in [4.78, 5) is 28.7. The molecule has 1 unspecified atom stereocenters. The molecule has 3 rings (SSSR count). The van der Waals surface area contributed by atoms with Crippen LogP contribution in [0.3, 0.4) is 0 Å². The van der Waals surface area contributed by atoms with E-state index in [0.29, 0.717) is 27.8 Å². The number of sulfonamides is 1. The maximum Gasteiger partial charge on any atom is 0.264 e. The van der Waals surface area contributed by atoms with E-state index in [0.717, 1.165) is 21.0 Å². The average Bonchev–Trinajstić information content (AvgIpc) is 2.91. The number of amides is 2. The van der Waals surface area contributed by atoms with Crippen molar-refractivity contribution in [2.75, 3.05) is 17.4 Å². The highest BCUT2D eigenvalue weighted by atomic mass is 35.5. The Morgan fingerprint density at radius 3 is 2.05 bits per heavy atom. The third-order valence-corrected chi connectivity index (χ3v) is 9.46. The molecule has 2 amide bonds. The number of anilines is 1. The first-order valence-electron chi connectivity index (χ1n) is 13.4. The molecule has 0 bridgehead atoms. The van der Waals surface area contributed by atoms with E-state index >= 15 is 0 Å². The van der Waals surface area contributed by atoms with E-state index in [1.165, 1.54) is 17.0 Å². The molecule has 0 spiro atoms. The molecule has 3 aromatic carbocycles. The first-order chi connectivity index (χ1) is 19.2. The van der Waals surface area contributed by atoms with E-state index in [1.54, 1.807) is 49.4 Å². The Morgan fingerprint density at radius 2 is 1.46 bits per heavy atom. The number of nitrogens with one attached hydrogen (secondary N) is 1. The van der Waals surface area contributed by atoms with Crippen LogP contribution in [0.2, 0.25) is 10.0 Å². The number of hydrogen-bond acceptors (Lipinski definition) is 4. The summed E-state index contributed by atoms with van der Waals surface area (Å²) in [5.74, 6) is -0.743. The maximum atomic E-state index is 14.1. The van der Waals surface area contributed by atoms with Gasteiger partial charge in [-0.15, -0.1) is 0 Å². The Kier molecular flexibility index (Phi) is 10.9. The average molecular weight is 619 g/mol. The van der Waals surface area contributed by atoms with Gasteiger partial charge in [-0.3, -0.25) is 13.9 Å². The van der Waals surface area contributed by atoms with Crippen molar-refractivity contribution in [1.82, 2.24) is 10.2 Å². The van der Waals surface area contributed by atoms with Crippen molar-refractivity contribution in [2.24, 2.45) is 5.92 Å². The van der Waals surface area contributed by atoms with Gasteiger partial charge in [0.05, 0.1) is 10.6 Å². The van der Waals surface area contributed by atoms with Crippen molar-refractivity contribution < 1.29 is 18.0 Å². The summed E-state index contributed by atoms with van der Waals surface area (Å²) in [6.45, 7) is 10.9. The molecular weight excluding hydrogens is 581 g/mol. The van der Waals surface area contributed by atoms with Crippen LogP contribution in [0.5, 0.6) is 0 Å². The van der Waals surface area contributed by atoms with Gasteiger partial charge in [0, 0.05) is 28.7 Å². The van der Waals surface area contributed by atoms with Crippen molar-refractivity contribution in [3.8, 4) is 0 Å². The molecule has 0 aliphatic carbocycles. The van der Waals surface area contributed by atoms with Gasteiger partial charge in [-0.25, -0.2) is 8.42 Å². The standard InChI is InChI=1S/C31H37Cl2N3O4S/c1-20(2)17-34-31(38)24(6)35(18-26-27(32)10-8-11-28(26)33)30(37)19-36(29-12-7-9-22(4)23(29)5)41(39,40)25-15-13-21(3)14-16-25/h7-16,20,24H,17-19H2,1-6H3,(H,34,38). The highest BCUT2D eigenvalue weighted by Crippen LogP contribution is 2.30. The molecule has 0 heterocycles. The third kappa shape index (κ3) is 7.82. The lowest BCUT2D eigenvalue weighted by molar-refractivity contribution is -0.139. The van der Waals surface area contributed by atoms with Gasteiger partial charge in [0.2, 0.25) is 11.8 Å². The second-order valence-electron chi connectivity index (χ2n) is 10.6. The monoisotopic (exact) mass is 617 g/mol. The van der Waals surface area contributed by atoms with Crippen LogP contribution in [0.4, 0.5) is 5.69 Å². The van der Waals surface area contributed by atoms with E-state index in [-0.39, 0.29) is 23.3 Å². The largest absolute Gasteiger partial charge is 0.354 e. The predicted octanol–water partition coefficient (Wildman–Crippen LogP) is 6.30. The molecule has 0 aromatic heterocycles. The molecule has 0 saturated heterocycles. The topological polar surface area (TPSA) is 86.8 Å². The summed E-state index contributed by atoms with van der Waals surface area (Å²) >= 11 is 12.9. The van der Waals surface area contributed by atoms with E-state index < -0.39 is 28.5 Å². The predicted molar refractivity (Wildman–Crippen MR) is 166 cm³/mol. The minimum atomic E-state index is -4.16. The quantitative estimate of drug-likeness (QED) is 0.273. The summed E-state index contributed by atoms with van der Waals surface area (Å²) in [7, 11) is -4.16. The second kappa shape index (κ2) is 13.7. The molecule has 1 atom stereocenters. The molecule has 0 fully saturated rings. The van der Waals surface area contributed by atoms with E-state index in [9.17, 15) is 18.0 Å². The highest BCUT2D eigenvalue weighted by Gasteiger charge is 2.33. The Bertz CT molecular complexity index is 1490. The van der Waals surface area contributed by atoms with Crippen LogP contribution in [0.25, 0.3) is 0 Å². The van der Waals surface area contributed by atoms with Gasteiger partial charge in [-0.1, -0.05) is 72.9 Å². The fraction of sp³-hybridized carbons (Fsp3) is 0.355. The zero-order chi connectivity index (χ0) is 30.5. The molecule has 10 heteroatoms. The van der Waals surface area contributed by atoms with Crippen LogP contribution < -0.4 is 9.62 Å². The maximum absolute atomic E-state index is 14.1. The lowest BCUT2D eigenvalue weighted by atomic mass is 10.1.